The van der Waals surface area contributed by atoms with Crippen LogP contribution in [0.3, 0.4) is 0 Å². The second-order valence-corrected chi connectivity index (χ2v) is 8.08. The van der Waals surface area contributed by atoms with E-state index < -0.39 is 26.8 Å². The highest BCUT2D eigenvalue weighted by Crippen LogP contribution is 2.47. The van der Waals surface area contributed by atoms with Crippen molar-refractivity contribution in [2.45, 2.75) is 64.6 Å². The molecule has 1 fully saturated rings. The van der Waals surface area contributed by atoms with Gasteiger partial charge in [0.05, 0.1) is 6.61 Å². The van der Waals surface area contributed by atoms with Gasteiger partial charge in [0.2, 0.25) is 0 Å². The first-order valence-corrected chi connectivity index (χ1v) is 9.47. The summed E-state index contributed by atoms with van der Waals surface area (Å²) in [6.07, 6.45) is 5.19. The quantitative estimate of drug-likeness (QED) is 0.556. The minimum Gasteiger partial charge on any atom is -0.460 e. The van der Waals surface area contributed by atoms with E-state index in [-0.39, 0.29) is 6.61 Å². The normalized spacial score (nSPS) is 29.3. The maximum atomic E-state index is 13.3. The summed E-state index contributed by atoms with van der Waals surface area (Å²) in [5.41, 5.74) is -0.412. The van der Waals surface area contributed by atoms with E-state index >= 15 is 0 Å². The number of ether oxygens (including phenoxy) is 1. The Morgan fingerprint density at radius 1 is 1.22 bits per heavy atom. The van der Waals surface area contributed by atoms with Crippen LogP contribution in [0.1, 0.15) is 59.3 Å². The van der Waals surface area contributed by atoms with Crippen LogP contribution >= 0.6 is 0 Å². The summed E-state index contributed by atoms with van der Waals surface area (Å²) in [6.45, 7) is 5.81. The summed E-state index contributed by atoms with van der Waals surface area (Å²) in [4.78, 5) is 11.4. The molecule has 1 saturated carbocycles. The molecule has 0 heterocycles. The molecule has 1 rings (SSSR count). The van der Waals surface area contributed by atoms with Crippen molar-refractivity contribution in [3.8, 4) is 0 Å². The number of hydrogen-bond acceptors (Lipinski definition) is 4. The zero-order chi connectivity index (χ0) is 17.9. The summed E-state index contributed by atoms with van der Waals surface area (Å²) in [6, 6.07) is 0. The molecule has 0 aromatic rings. The van der Waals surface area contributed by atoms with Gasteiger partial charge in [0.25, 0.3) is 0 Å². The van der Waals surface area contributed by atoms with Gasteiger partial charge in [-0.05, 0) is 37.5 Å². The van der Waals surface area contributed by atoms with Crippen molar-refractivity contribution in [2.24, 2.45) is 17.3 Å². The molecule has 1 aliphatic rings. The third-order valence-corrected chi connectivity index (χ3v) is 5.90. The van der Waals surface area contributed by atoms with Crippen LogP contribution < -0.4 is 0 Å². The zero-order valence-corrected chi connectivity index (χ0v) is 14.7. The summed E-state index contributed by atoms with van der Waals surface area (Å²) in [7, 11) is -5.82. The summed E-state index contributed by atoms with van der Waals surface area (Å²) in [5.74, 6) is -1.33. The van der Waals surface area contributed by atoms with Crippen LogP contribution in [0.5, 0.6) is 0 Å². The van der Waals surface area contributed by atoms with E-state index in [1.807, 2.05) is 6.92 Å². The molecule has 136 valence electrons. The standard InChI is InChI=1S/C15H26F2O5S/c1-4-11-7-12(5-2)9-14(6-3,8-11)10-22-13(18)15(16,17)23(19,20)21/h11-12H,4-10H2,1-3H3,(H,19,20,21). The molecule has 0 aromatic carbocycles. The molecule has 0 bridgehead atoms. The van der Waals surface area contributed by atoms with E-state index in [1.165, 1.54) is 0 Å². The fourth-order valence-corrected chi connectivity index (χ4v) is 3.75. The van der Waals surface area contributed by atoms with E-state index in [4.69, 9.17) is 4.55 Å². The van der Waals surface area contributed by atoms with E-state index in [0.717, 1.165) is 32.1 Å². The van der Waals surface area contributed by atoms with Crippen molar-refractivity contribution < 1.29 is 31.3 Å². The van der Waals surface area contributed by atoms with Crippen molar-refractivity contribution in [2.75, 3.05) is 6.61 Å². The topological polar surface area (TPSA) is 80.7 Å². The maximum absolute atomic E-state index is 13.3. The molecule has 0 saturated heterocycles. The van der Waals surface area contributed by atoms with Crippen molar-refractivity contribution in [1.29, 1.82) is 0 Å². The zero-order valence-electron chi connectivity index (χ0n) is 13.8. The second kappa shape index (κ2) is 7.42. The predicted molar refractivity (Wildman–Crippen MR) is 81.6 cm³/mol. The van der Waals surface area contributed by atoms with Crippen molar-refractivity contribution in [3.63, 3.8) is 0 Å². The number of carbonyl (C=O) groups is 1. The molecule has 2 atom stereocenters. The number of alkyl halides is 2. The van der Waals surface area contributed by atoms with E-state index in [0.29, 0.717) is 18.3 Å². The van der Waals surface area contributed by atoms with Crippen LogP contribution in [0.2, 0.25) is 0 Å². The molecule has 1 N–H and O–H groups in total. The lowest BCUT2D eigenvalue weighted by molar-refractivity contribution is -0.167. The number of rotatable bonds is 7. The second-order valence-electron chi connectivity index (χ2n) is 6.61. The molecule has 8 heteroatoms. The molecule has 0 amide bonds. The van der Waals surface area contributed by atoms with Gasteiger partial charge >= 0.3 is 21.3 Å². The van der Waals surface area contributed by atoms with Crippen LogP contribution in [0.25, 0.3) is 0 Å². The maximum Gasteiger partial charge on any atom is 0.465 e. The molecule has 1 aliphatic carbocycles. The van der Waals surface area contributed by atoms with E-state index in [1.54, 1.807) is 0 Å². The lowest BCUT2D eigenvalue weighted by Gasteiger charge is -2.43. The highest BCUT2D eigenvalue weighted by atomic mass is 32.2. The third kappa shape index (κ3) is 4.62. The molecular weight excluding hydrogens is 330 g/mol. The minimum atomic E-state index is -5.82. The Bertz CT molecular complexity index is 506. The molecular formula is C15H26F2O5S. The lowest BCUT2D eigenvalue weighted by Crippen LogP contribution is -2.43. The van der Waals surface area contributed by atoms with Gasteiger partial charge in [-0.15, -0.1) is 0 Å². The fraction of sp³-hybridized carbons (Fsp3) is 0.933. The van der Waals surface area contributed by atoms with Gasteiger partial charge < -0.3 is 4.74 Å². The number of halogens is 2. The SMILES string of the molecule is CCC1CC(CC)CC(CC)(COC(=O)C(F)(F)S(=O)(=O)O)C1. The lowest BCUT2D eigenvalue weighted by atomic mass is 9.63. The van der Waals surface area contributed by atoms with Gasteiger partial charge in [-0.25, -0.2) is 4.79 Å². The Morgan fingerprint density at radius 2 is 1.70 bits per heavy atom. The van der Waals surface area contributed by atoms with Crippen LogP contribution in [0.4, 0.5) is 8.78 Å². The van der Waals surface area contributed by atoms with Gasteiger partial charge in [-0.3, -0.25) is 4.55 Å². The summed E-state index contributed by atoms with van der Waals surface area (Å²) < 4.78 is 60.8. The first kappa shape index (κ1) is 20.3. The van der Waals surface area contributed by atoms with Gasteiger partial charge in [-0.1, -0.05) is 33.6 Å². The Balaban J connectivity index is 2.85. The molecule has 5 nitrogen and oxygen atoms in total. The Morgan fingerprint density at radius 3 is 2.04 bits per heavy atom. The Kier molecular flexibility index (Phi) is 6.55. The van der Waals surface area contributed by atoms with Crippen LogP contribution in [-0.2, 0) is 19.6 Å². The molecule has 0 aliphatic heterocycles. The minimum absolute atomic E-state index is 0.250. The van der Waals surface area contributed by atoms with E-state index in [9.17, 15) is 22.0 Å². The van der Waals surface area contributed by atoms with Gasteiger partial charge in [-0.2, -0.15) is 17.2 Å². The molecule has 0 radical (unpaired) electrons. The first-order chi connectivity index (χ1) is 10.5. The summed E-state index contributed by atoms with van der Waals surface area (Å²) >= 11 is 0. The average molecular weight is 356 g/mol. The van der Waals surface area contributed by atoms with Crippen molar-refractivity contribution in [3.05, 3.63) is 0 Å². The molecule has 0 spiro atoms. The Labute approximate surface area is 136 Å². The molecule has 2 unspecified atom stereocenters. The Hall–Kier alpha value is -0.760. The molecule has 0 aromatic heterocycles. The summed E-state index contributed by atoms with van der Waals surface area (Å²) in [5, 5.41) is -4.93. The van der Waals surface area contributed by atoms with Crippen LogP contribution in [0.15, 0.2) is 0 Å². The van der Waals surface area contributed by atoms with Crippen molar-refractivity contribution in [1.82, 2.24) is 0 Å². The van der Waals surface area contributed by atoms with Gasteiger partial charge in [0.15, 0.2) is 0 Å². The smallest absolute Gasteiger partial charge is 0.460 e. The highest BCUT2D eigenvalue weighted by Gasteiger charge is 2.54. The predicted octanol–water partition coefficient (Wildman–Crippen LogP) is 3.64. The first-order valence-electron chi connectivity index (χ1n) is 8.03. The number of carbonyl (C=O) groups excluding carboxylic acids is 1. The number of hydrogen-bond donors (Lipinski definition) is 1. The highest BCUT2D eigenvalue weighted by molar-refractivity contribution is 7.87. The van der Waals surface area contributed by atoms with Crippen LogP contribution in [-0.4, -0.2) is 30.8 Å². The average Bonchev–Trinajstić information content (AvgIpc) is 2.50. The van der Waals surface area contributed by atoms with Crippen molar-refractivity contribution >= 4 is 16.1 Å². The monoisotopic (exact) mass is 356 g/mol. The van der Waals surface area contributed by atoms with Gasteiger partial charge in [0.1, 0.15) is 0 Å². The van der Waals surface area contributed by atoms with E-state index in [2.05, 4.69) is 18.6 Å². The third-order valence-electron chi connectivity index (χ3n) is 5.09. The fourth-order valence-electron chi connectivity index (χ4n) is 3.48. The largest absolute Gasteiger partial charge is 0.465 e. The number of esters is 1. The van der Waals surface area contributed by atoms with Gasteiger partial charge in [0, 0.05) is 5.41 Å². The molecule has 23 heavy (non-hydrogen) atoms. The van der Waals surface area contributed by atoms with Crippen LogP contribution in [0, 0.1) is 17.3 Å².